The van der Waals surface area contributed by atoms with Crippen molar-refractivity contribution in [3.05, 3.63) is 35.5 Å². The van der Waals surface area contributed by atoms with E-state index in [1.807, 2.05) is 0 Å². The minimum atomic E-state index is -0.172. The van der Waals surface area contributed by atoms with Crippen LogP contribution in [0.4, 0.5) is 0 Å². The van der Waals surface area contributed by atoms with Gasteiger partial charge in [-0.25, -0.2) is 0 Å². The fraction of sp³-hybridized carbons (Fsp3) is 0.680. The van der Waals surface area contributed by atoms with Crippen molar-refractivity contribution in [2.45, 2.75) is 77.2 Å². The molecule has 1 saturated heterocycles. The van der Waals surface area contributed by atoms with E-state index in [2.05, 4.69) is 37.3 Å². The monoisotopic (exact) mass is 398 g/mol. The number of fused-ring (bicyclic) bond motifs is 6. The first kappa shape index (κ1) is 20.4. The predicted molar refractivity (Wildman–Crippen MR) is 112 cm³/mol. The van der Waals surface area contributed by atoms with E-state index in [9.17, 15) is 4.79 Å². The van der Waals surface area contributed by atoms with Crippen LogP contribution in [0.3, 0.4) is 0 Å². The van der Waals surface area contributed by atoms with Gasteiger partial charge in [0.25, 0.3) is 6.47 Å². The molecule has 5 rings (SSSR count). The summed E-state index contributed by atoms with van der Waals surface area (Å²) in [4.78, 5) is 20.9. The molecule has 5 aliphatic rings. The van der Waals surface area contributed by atoms with Crippen molar-refractivity contribution < 1.29 is 19.1 Å². The summed E-state index contributed by atoms with van der Waals surface area (Å²) >= 11 is 0. The van der Waals surface area contributed by atoms with Gasteiger partial charge in [0.2, 0.25) is 0 Å². The van der Waals surface area contributed by atoms with Gasteiger partial charge in [-0.1, -0.05) is 49.3 Å². The van der Waals surface area contributed by atoms with Crippen molar-refractivity contribution in [2.75, 3.05) is 7.11 Å². The number of hydrogen-bond acceptors (Lipinski definition) is 4. The molecule has 0 amide bonds. The Balaban J connectivity index is 0.000000472. The van der Waals surface area contributed by atoms with Gasteiger partial charge >= 0.3 is 5.97 Å². The average Bonchev–Trinajstić information content (AvgIpc) is 3.23. The zero-order chi connectivity index (χ0) is 20.9. The van der Waals surface area contributed by atoms with Gasteiger partial charge in [0, 0.05) is 17.3 Å². The molecule has 29 heavy (non-hydrogen) atoms. The molecule has 2 unspecified atom stereocenters. The smallest absolute Gasteiger partial charge is 0.306 e. The maximum Gasteiger partial charge on any atom is 0.306 e. The number of ether oxygens (including phenoxy) is 2. The summed E-state index contributed by atoms with van der Waals surface area (Å²) in [6.07, 6.45) is 14.8. The van der Waals surface area contributed by atoms with Crippen molar-refractivity contribution in [3.63, 3.8) is 0 Å². The van der Waals surface area contributed by atoms with Crippen molar-refractivity contribution in [1.29, 1.82) is 0 Å². The molecule has 3 fully saturated rings. The van der Waals surface area contributed by atoms with Crippen LogP contribution in [0.1, 0.15) is 71.6 Å². The van der Waals surface area contributed by atoms with Gasteiger partial charge in [0.05, 0.1) is 7.11 Å². The van der Waals surface area contributed by atoms with Gasteiger partial charge in [-0.2, -0.15) is 0 Å². The molecule has 5 atom stereocenters. The molecule has 1 aliphatic heterocycles. The Labute approximate surface area is 174 Å². The minimum absolute atomic E-state index is 0.0308. The fourth-order valence-corrected chi connectivity index (χ4v) is 7.23. The number of allylic oxidation sites excluding steroid dienone is 5. The Kier molecular flexibility index (Phi) is 5.03. The molecule has 0 N–H and O–H groups in total. The quantitative estimate of drug-likeness (QED) is 0.342. The van der Waals surface area contributed by atoms with Crippen molar-refractivity contribution in [1.82, 2.24) is 0 Å². The third-order valence-electron chi connectivity index (χ3n) is 8.88. The van der Waals surface area contributed by atoms with Crippen LogP contribution in [0.25, 0.3) is 0 Å². The summed E-state index contributed by atoms with van der Waals surface area (Å²) in [5.74, 6) is 1.40. The number of carbonyl (C=O) groups excluding carboxylic acids is 2. The van der Waals surface area contributed by atoms with Gasteiger partial charge in [-0.05, 0) is 63.2 Å². The molecule has 0 aromatic carbocycles. The summed E-state index contributed by atoms with van der Waals surface area (Å²) in [7, 11) is 1.31. The molecule has 0 aromatic heterocycles. The predicted octanol–water partition coefficient (Wildman–Crippen LogP) is 5.29. The number of carbonyl (C=O) groups is 2. The Morgan fingerprint density at radius 2 is 1.93 bits per heavy atom. The van der Waals surface area contributed by atoms with Crippen molar-refractivity contribution in [2.24, 2.45) is 22.7 Å². The molecular formula is C25H34O4. The van der Waals surface area contributed by atoms with Crippen LogP contribution in [0, 0.1) is 22.7 Å². The highest BCUT2D eigenvalue weighted by Gasteiger charge is 2.65. The topological polar surface area (TPSA) is 52.6 Å². The standard InChI is InChI=1S/C23H30O2.C2H4O2/c1-15-6-10-21(2)16(14-15)4-5-17-18(21)7-11-22(3)19(17)8-12-23(22)13-9-20(24)25-23;1-4-2-3/h7,14,17,19H,1,4-6,8-13H2,2-3H3;2H,1H3/t17-,19?,21?,22+,23-;/m1./s1. The van der Waals surface area contributed by atoms with Crippen LogP contribution in [0.5, 0.6) is 0 Å². The molecule has 1 spiro atoms. The van der Waals surface area contributed by atoms with Crippen molar-refractivity contribution in [3.8, 4) is 0 Å². The molecule has 2 saturated carbocycles. The summed E-state index contributed by atoms with van der Waals surface area (Å²) in [6.45, 7) is 9.49. The first-order valence-corrected chi connectivity index (χ1v) is 11.1. The summed E-state index contributed by atoms with van der Waals surface area (Å²) in [6, 6.07) is 0. The van der Waals surface area contributed by atoms with Crippen LogP contribution in [0.2, 0.25) is 0 Å². The van der Waals surface area contributed by atoms with E-state index in [0.29, 0.717) is 24.7 Å². The third kappa shape index (κ3) is 2.93. The van der Waals surface area contributed by atoms with E-state index in [4.69, 9.17) is 9.53 Å². The lowest BCUT2D eigenvalue weighted by atomic mass is 9.50. The number of esters is 1. The summed E-state index contributed by atoms with van der Waals surface area (Å²) in [5, 5.41) is 0. The van der Waals surface area contributed by atoms with Crippen molar-refractivity contribution >= 4 is 12.4 Å². The van der Waals surface area contributed by atoms with E-state index in [1.54, 1.807) is 11.1 Å². The molecule has 4 heteroatoms. The highest BCUT2D eigenvalue weighted by molar-refractivity contribution is 5.72. The zero-order valence-electron chi connectivity index (χ0n) is 18.1. The fourth-order valence-electron chi connectivity index (χ4n) is 7.23. The first-order valence-electron chi connectivity index (χ1n) is 11.1. The number of hydrogen-bond donors (Lipinski definition) is 0. The number of methoxy groups -OCH3 is 1. The zero-order valence-corrected chi connectivity index (χ0v) is 18.1. The van der Waals surface area contributed by atoms with E-state index < -0.39 is 0 Å². The largest absolute Gasteiger partial charge is 0.471 e. The Morgan fingerprint density at radius 1 is 1.17 bits per heavy atom. The van der Waals surface area contributed by atoms with Gasteiger partial charge < -0.3 is 9.47 Å². The average molecular weight is 399 g/mol. The molecule has 158 valence electrons. The molecule has 4 nitrogen and oxygen atoms in total. The third-order valence-corrected chi connectivity index (χ3v) is 8.88. The van der Waals surface area contributed by atoms with Crippen LogP contribution < -0.4 is 0 Å². The van der Waals surface area contributed by atoms with Crippen LogP contribution >= 0.6 is 0 Å². The second kappa shape index (κ2) is 7.14. The van der Waals surface area contributed by atoms with E-state index >= 15 is 0 Å². The molecule has 1 heterocycles. The van der Waals surface area contributed by atoms with Crippen LogP contribution in [-0.2, 0) is 19.1 Å². The minimum Gasteiger partial charge on any atom is -0.471 e. The highest BCUT2D eigenvalue weighted by Crippen LogP contribution is 2.68. The van der Waals surface area contributed by atoms with E-state index in [-0.39, 0.29) is 22.4 Å². The lowest BCUT2D eigenvalue weighted by Gasteiger charge is -2.55. The van der Waals surface area contributed by atoms with Gasteiger partial charge in [0.15, 0.2) is 0 Å². The Hall–Kier alpha value is -1.84. The maximum absolute atomic E-state index is 11.9. The second-order valence-corrected chi connectivity index (χ2v) is 10.0. The van der Waals surface area contributed by atoms with E-state index in [0.717, 1.165) is 25.7 Å². The lowest BCUT2D eigenvalue weighted by molar-refractivity contribution is -0.160. The molecule has 0 aromatic rings. The maximum atomic E-state index is 11.9. The molecule has 0 radical (unpaired) electrons. The van der Waals surface area contributed by atoms with Gasteiger partial charge in [-0.15, -0.1) is 0 Å². The van der Waals surface area contributed by atoms with Crippen LogP contribution in [-0.4, -0.2) is 25.2 Å². The lowest BCUT2D eigenvalue weighted by Crippen LogP contribution is -2.50. The molecular weight excluding hydrogens is 364 g/mol. The Morgan fingerprint density at radius 3 is 2.59 bits per heavy atom. The van der Waals surface area contributed by atoms with Gasteiger partial charge in [-0.3, -0.25) is 9.59 Å². The normalized spacial score (nSPS) is 42.4. The van der Waals surface area contributed by atoms with Gasteiger partial charge in [0.1, 0.15) is 5.60 Å². The number of rotatable bonds is 1. The van der Waals surface area contributed by atoms with Crippen LogP contribution in [0.15, 0.2) is 35.5 Å². The first-order chi connectivity index (χ1) is 13.8. The SMILES string of the molecule is C=C1C=C2CC[C@@H]3C(=CC[C@@]4(C)C3CC[C@@]43CCC(=O)O3)C2(C)CC1.COC=O. The summed E-state index contributed by atoms with van der Waals surface area (Å²) in [5.41, 5.74) is 4.87. The van der Waals surface area contributed by atoms with E-state index in [1.165, 1.54) is 38.4 Å². The summed E-state index contributed by atoms with van der Waals surface area (Å²) < 4.78 is 9.88. The molecule has 4 aliphatic carbocycles. The molecule has 0 bridgehead atoms. The Bertz CT molecular complexity index is 793. The second-order valence-electron chi connectivity index (χ2n) is 10.0. The highest BCUT2D eigenvalue weighted by atomic mass is 16.6.